The maximum atomic E-state index is 4.81. The standard InChI is InChI=1S/C20H17N5S/c1-2-4-15(5-3-1)16-8-11-24(12-9-16)19-7-6-18-21-22-20(25(18)23-19)17-10-13-26-14-17/h1-8,10,13-14H,9,11-12H2. The maximum Gasteiger partial charge on any atom is 0.186 e. The second-order valence-corrected chi connectivity index (χ2v) is 7.07. The predicted octanol–water partition coefficient (Wildman–Crippen LogP) is 4.15. The van der Waals surface area contributed by atoms with Crippen molar-refractivity contribution < 1.29 is 0 Å². The zero-order valence-corrected chi connectivity index (χ0v) is 14.9. The normalized spacial score (nSPS) is 14.6. The molecule has 0 fully saturated rings. The first-order chi connectivity index (χ1) is 12.9. The van der Waals surface area contributed by atoms with Crippen molar-refractivity contribution in [2.24, 2.45) is 0 Å². The molecule has 5 rings (SSSR count). The van der Waals surface area contributed by atoms with Gasteiger partial charge in [0.25, 0.3) is 0 Å². The van der Waals surface area contributed by atoms with E-state index in [1.807, 2.05) is 28.1 Å². The van der Waals surface area contributed by atoms with Crippen LogP contribution in [0.2, 0.25) is 0 Å². The van der Waals surface area contributed by atoms with Gasteiger partial charge < -0.3 is 4.90 Å². The first-order valence-electron chi connectivity index (χ1n) is 8.63. The van der Waals surface area contributed by atoms with Crippen molar-refractivity contribution in [2.75, 3.05) is 18.0 Å². The molecular formula is C20H17N5S. The molecule has 0 spiro atoms. The Morgan fingerprint density at radius 1 is 0.923 bits per heavy atom. The van der Waals surface area contributed by atoms with Crippen LogP contribution in [0.25, 0.3) is 22.6 Å². The molecule has 6 heteroatoms. The Labute approximate surface area is 155 Å². The molecule has 0 saturated heterocycles. The van der Waals surface area contributed by atoms with Gasteiger partial charge in [-0.1, -0.05) is 36.4 Å². The van der Waals surface area contributed by atoms with E-state index in [0.717, 1.165) is 42.4 Å². The van der Waals surface area contributed by atoms with Gasteiger partial charge in [-0.2, -0.15) is 15.9 Å². The summed E-state index contributed by atoms with van der Waals surface area (Å²) in [7, 11) is 0. The summed E-state index contributed by atoms with van der Waals surface area (Å²) < 4.78 is 1.84. The third-order valence-corrected chi connectivity index (χ3v) is 5.39. The van der Waals surface area contributed by atoms with E-state index in [0.29, 0.717) is 0 Å². The monoisotopic (exact) mass is 359 g/mol. The molecule has 1 aliphatic heterocycles. The van der Waals surface area contributed by atoms with Crippen LogP contribution in [0.15, 0.2) is 65.4 Å². The van der Waals surface area contributed by atoms with Gasteiger partial charge in [0, 0.05) is 24.0 Å². The van der Waals surface area contributed by atoms with Crippen molar-refractivity contribution in [1.29, 1.82) is 0 Å². The van der Waals surface area contributed by atoms with Crippen LogP contribution in [0.3, 0.4) is 0 Å². The van der Waals surface area contributed by atoms with Gasteiger partial charge in [-0.15, -0.1) is 15.3 Å². The summed E-state index contributed by atoms with van der Waals surface area (Å²) >= 11 is 1.65. The van der Waals surface area contributed by atoms with E-state index >= 15 is 0 Å². The Bertz CT molecular complexity index is 1070. The molecule has 4 aromatic rings. The zero-order chi connectivity index (χ0) is 17.3. The number of fused-ring (bicyclic) bond motifs is 1. The number of thiophene rings is 1. The van der Waals surface area contributed by atoms with Crippen LogP contribution in [0.5, 0.6) is 0 Å². The van der Waals surface area contributed by atoms with E-state index in [4.69, 9.17) is 5.10 Å². The number of hydrogen-bond donors (Lipinski definition) is 0. The first-order valence-corrected chi connectivity index (χ1v) is 9.57. The fourth-order valence-electron chi connectivity index (χ4n) is 3.31. The lowest BCUT2D eigenvalue weighted by Crippen LogP contribution is -2.29. The Balaban J connectivity index is 1.45. The highest BCUT2D eigenvalue weighted by Gasteiger charge is 2.16. The van der Waals surface area contributed by atoms with Gasteiger partial charge in [0.05, 0.1) is 0 Å². The Morgan fingerprint density at radius 3 is 2.62 bits per heavy atom. The molecule has 1 aliphatic rings. The summed E-state index contributed by atoms with van der Waals surface area (Å²) in [6.07, 6.45) is 3.32. The SMILES string of the molecule is C1=C(c2ccccc2)CCN(c2ccc3nnc(-c4ccsc4)n3n2)C1. The van der Waals surface area contributed by atoms with Crippen molar-refractivity contribution >= 4 is 28.4 Å². The van der Waals surface area contributed by atoms with Gasteiger partial charge >= 0.3 is 0 Å². The molecule has 0 atom stereocenters. The largest absolute Gasteiger partial charge is 0.351 e. The minimum Gasteiger partial charge on any atom is -0.351 e. The first kappa shape index (κ1) is 15.3. The Morgan fingerprint density at radius 2 is 1.85 bits per heavy atom. The second-order valence-electron chi connectivity index (χ2n) is 6.29. The van der Waals surface area contributed by atoms with Crippen LogP contribution >= 0.6 is 11.3 Å². The third kappa shape index (κ3) is 2.68. The number of nitrogens with zero attached hydrogens (tertiary/aromatic N) is 5. The summed E-state index contributed by atoms with van der Waals surface area (Å²) in [6.45, 7) is 1.81. The quantitative estimate of drug-likeness (QED) is 0.551. The van der Waals surface area contributed by atoms with Crippen molar-refractivity contribution in [3.8, 4) is 11.4 Å². The fraction of sp³-hybridized carbons (Fsp3) is 0.150. The average Bonchev–Trinajstić information content (AvgIpc) is 3.38. The Hall–Kier alpha value is -2.99. The molecule has 0 N–H and O–H groups in total. The van der Waals surface area contributed by atoms with Crippen LogP contribution in [-0.4, -0.2) is 32.9 Å². The van der Waals surface area contributed by atoms with E-state index in [9.17, 15) is 0 Å². The van der Waals surface area contributed by atoms with Crippen molar-refractivity contribution in [1.82, 2.24) is 19.8 Å². The topological polar surface area (TPSA) is 46.3 Å². The van der Waals surface area contributed by atoms with Gasteiger partial charge in [0.15, 0.2) is 11.5 Å². The van der Waals surface area contributed by atoms with E-state index in [1.165, 1.54) is 11.1 Å². The molecule has 5 nitrogen and oxygen atoms in total. The van der Waals surface area contributed by atoms with Crippen molar-refractivity contribution in [3.05, 3.63) is 70.9 Å². The molecule has 0 aliphatic carbocycles. The molecule has 0 radical (unpaired) electrons. The molecule has 3 aromatic heterocycles. The predicted molar refractivity (Wildman–Crippen MR) is 105 cm³/mol. The molecule has 4 heterocycles. The highest BCUT2D eigenvalue weighted by atomic mass is 32.1. The second kappa shape index (κ2) is 6.38. The van der Waals surface area contributed by atoms with Gasteiger partial charge in [-0.3, -0.25) is 0 Å². The fourth-order valence-corrected chi connectivity index (χ4v) is 3.95. The van der Waals surface area contributed by atoms with E-state index in [2.05, 4.69) is 56.9 Å². The van der Waals surface area contributed by atoms with Crippen LogP contribution in [0.1, 0.15) is 12.0 Å². The van der Waals surface area contributed by atoms with Gasteiger partial charge in [-0.25, -0.2) is 0 Å². The lowest BCUT2D eigenvalue weighted by atomic mass is 10.00. The maximum absolute atomic E-state index is 4.81. The van der Waals surface area contributed by atoms with Crippen LogP contribution < -0.4 is 4.90 Å². The zero-order valence-electron chi connectivity index (χ0n) is 14.1. The summed E-state index contributed by atoms with van der Waals surface area (Å²) in [5.41, 5.74) is 4.55. The lowest BCUT2D eigenvalue weighted by Gasteiger charge is -2.27. The number of rotatable bonds is 3. The molecule has 0 amide bonds. The van der Waals surface area contributed by atoms with Gasteiger partial charge in [0.1, 0.15) is 5.82 Å². The van der Waals surface area contributed by atoms with Gasteiger partial charge in [-0.05, 0) is 41.1 Å². The molecule has 26 heavy (non-hydrogen) atoms. The third-order valence-electron chi connectivity index (χ3n) is 4.71. The number of benzene rings is 1. The molecule has 0 bridgehead atoms. The minimum atomic E-state index is 0.771. The van der Waals surface area contributed by atoms with Crippen molar-refractivity contribution in [2.45, 2.75) is 6.42 Å². The number of anilines is 1. The highest BCUT2D eigenvalue weighted by Crippen LogP contribution is 2.26. The summed E-state index contributed by atoms with van der Waals surface area (Å²) in [4.78, 5) is 2.29. The molecule has 1 aromatic carbocycles. The minimum absolute atomic E-state index is 0.771. The van der Waals surface area contributed by atoms with Gasteiger partial charge in [0.2, 0.25) is 0 Å². The smallest absolute Gasteiger partial charge is 0.186 e. The van der Waals surface area contributed by atoms with E-state index in [1.54, 1.807) is 11.3 Å². The average molecular weight is 359 g/mol. The summed E-state index contributed by atoms with van der Waals surface area (Å²) in [6, 6.07) is 16.7. The summed E-state index contributed by atoms with van der Waals surface area (Å²) in [5.74, 6) is 1.75. The van der Waals surface area contributed by atoms with Crippen LogP contribution in [-0.2, 0) is 0 Å². The molecular weight excluding hydrogens is 342 g/mol. The van der Waals surface area contributed by atoms with Crippen LogP contribution in [0, 0.1) is 0 Å². The number of aromatic nitrogens is 4. The van der Waals surface area contributed by atoms with E-state index < -0.39 is 0 Å². The molecule has 128 valence electrons. The van der Waals surface area contributed by atoms with E-state index in [-0.39, 0.29) is 0 Å². The summed E-state index contributed by atoms with van der Waals surface area (Å²) in [5, 5.41) is 17.5. The Kier molecular flexibility index (Phi) is 3.75. The highest BCUT2D eigenvalue weighted by molar-refractivity contribution is 7.08. The van der Waals surface area contributed by atoms with Crippen LogP contribution in [0.4, 0.5) is 5.82 Å². The lowest BCUT2D eigenvalue weighted by molar-refractivity contribution is 0.789. The number of hydrogen-bond acceptors (Lipinski definition) is 5. The molecule has 0 unspecified atom stereocenters. The molecule has 0 saturated carbocycles. The van der Waals surface area contributed by atoms with Crippen molar-refractivity contribution in [3.63, 3.8) is 0 Å².